The molecule has 0 bridgehead atoms. The molecule has 2 aromatic heterocycles. The first kappa shape index (κ1) is 33.6. The van der Waals surface area contributed by atoms with Gasteiger partial charge < -0.3 is 9.64 Å². The van der Waals surface area contributed by atoms with Gasteiger partial charge in [0.25, 0.3) is 11.5 Å². The number of halogens is 3. The van der Waals surface area contributed by atoms with E-state index in [0.717, 1.165) is 42.7 Å². The summed E-state index contributed by atoms with van der Waals surface area (Å²) < 4.78 is 50.5. The van der Waals surface area contributed by atoms with E-state index in [1.165, 1.54) is 34.7 Å². The Bertz CT molecular complexity index is 2000. The van der Waals surface area contributed by atoms with E-state index in [2.05, 4.69) is 15.0 Å². The van der Waals surface area contributed by atoms with Crippen molar-refractivity contribution in [3.8, 4) is 28.8 Å². The standard InChI is InChI=1S/C35H34F3N7O4/c1-42-18-15-28(16-19-42)49-34(48)23-8-10-25(11-9-23)41-32(46)30-31(29-14-17-40-44(29)26-12-6-22(21-39)7-13-26)43(2)45(33(30)47)27-5-3-4-24(20-27)35(36,37)38/h3-7,12-14,17,20,23,28H,8-11,15-16,18-19H2,1-2H3. The van der Waals surface area contributed by atoms with E-state index >= 15 is 0 Å². The van der Waals surface area contributed by atoms with Crippen LogP contribution in [0.3, 0.4) is 0 Å². The molecule has 1 aliphatic carbocycles. The van der Waals surface area contributed by atoms with Gasteiger partial charge in [0.2, 0.25) is 0 Å². The minimum Gasteiger partial charge on any atom is -0.462 e. The number of likely N-dealkylation sites (tertiary alicyclic amines) is 1. The minimum atomic E-state index is -4.66. The lowest BCUT2D eigenvalue weighted by molar-refractivity contribution is -0.156. The van der Waals surface area contributed by atoms with Gasteiger partial charge in [0.1, 0.15) is 17.4 Å². The van der Waals surface area contributed by atoms with Gasteiger partial charge >= 0.3 is 12.1 Å². The highest BCUT2D eigenvalue weighted by Crippen LogP contribution is 2.32. The monoisotopic (exact) mass is 673 g/mol. The fourth-order valence-electron chi connectivity index (χ4n) is 6.42. The van der Waals surface area contributed by atoms with Gasteiger partial charge in [-0.05, 0) is 94.1 Å². The van der Waals surface area contributed by atoms with Gasteiger partial charge in [0, 0.05) is 25.8 Å². The number of nitriles is 1. The van der Waals surface area contributed by atoms with Gasteiger partial charge in [-0.1, -0.05) is 6.07 Å². The van der Waals surface area contributed by atoms with Crippen molar-refractivity contribution in [2.75, 3.05) is 20.1 Å². The number of piperidine rings is 1. The van der Waals surface area contributed by atoms with Crippen LogP contribution in [0.15, 0.2) is 70.6 Å². The topological polar surface area (TPSA) is 128 Å². The highest BCUT2D eigenvalue weighted by molar-refractivity contribution is 6.07. The summed E-state index contributed by atoms with van der Waals surface area (Å²) in [7, 11) is 3.50. The van der Waals surface area contributed by atoms with E-state index in [4.69, 9.17) is 4.74 Å². The first-order valence-electron chi connectivity index (χ1n) is 16.0. The molecule has 0 radical (unpaired) electrons. The van der Waals surface area contributed by atoms with Crippen LogP contribution in [0.25, 0.3) is 22.8 Å². The van der Waals surface area contributed by atoms with Crippen molar-refractivity contribution in [3.63, 3.8) is 0 Å². The Morgan fingerprint density at radius 1 is 0.980 bits per heavy atom. The van der Waals surface area contributed by atoms with Crippen LogP contribution in [0.5, 0.6) is 0 Å². The number of carbonyl (C=O) groups excluding carboxylic acids is 2. The molecular formula is C35H34F3N7O4. The molecule has 1 aliphatic heterocycles. The summed E-state index contributed by atoms with van der Waals surface area (Å²) in [5.41, 5.74) is -0.391. The van der Waals surface area contributed by atoms with Crippen molar-refractivity contribution in [2.45, 2.75) is 50.8 Å². The smallest absolute Gasteiger partial charge is 0.416 e. The average molecular weight is 674 g/mol. The maximum absolute atomic E-state index is 14.1. The van der Waals surface area contributed by atoms with Crippen LogP contribution in [0, 0.1) is 17.2 Å². The Hall–Kier alpha value is -5.29. The van der Waals surface area contributed by atoms with Gasteiger partial charge in [-0.3, -0.25) is 19.1 Å². The zero-order valence-electron chi connectivity index (χ0n) is 27.0. The van der Waals surface area contributed by atoms with Crippen molar-refractivity contribution in [2.24, 2.45) is 18.0 Å². The first-order chi connectivity index (χ1) is 23.4. The summed E-state index contributed by atoms with van der Waals surface area (Å²) in [5, 5.41) is 13.6. The molecule has 2 aromatic carbocycles. The number of carbonyl (C=O) groups is 2. The fourth-order valence-corrected chi connectivity index (χ4v) is 6.42. The van der Waals surface area contributed by atoms with Crippen LogP contribution in [0.4, 0.5) is 13.2 Å². The third-order valence-corrected chi connectivity index (χ3v) is 9.13. The third kappa shape index (κ3) is 6.98. The van der Waals surface area contributed by atoms with Gasteiger partial charge in [0.15, 0.2) is 0 Å². The highest BCUT2D eigenvalue weighted by atomic mass is 19.4. The maximum Gasteiger partial charge on any atom is 0.416 e. The van der Waals surface area contributed by atoms with Crippen LogP contribution in [-0.2, 0) is 22.8 Å². The predicted molar refractivity (Wildman–Crippen MR) is 174 cm³/mol. The molecule has 4 aromatic rings. The van der Waals surface area contributed by atoms with Gasteiger partial charge in [-0.25, -0.2) is 14.4 Å². The fraction of sp³-hybridized carbons (Fsp3) is 0.371. The molecule has 3 heterocycles. The summed E-state index contributed by atoms with van der Waals surface area (Å²) in [6.07, 6.45) is -0.129. The summed E-state index contributed by atoms with van der Waals surface area (Å²) >= 11 is 0. The van der Waals surface area contributed by atoms with Gasteiger partial charge in [-0.15, -0.1) is 0 Å². The van der Waals surface area contributed by atoms with E-state index < -0.39 is 23.2 Å². The van der Waals surface area contributed by atoms with Crippen molar-refractivity contribution in [1.82, 2.24) is 24.0 Å². The van der Waals surface area contributed by atoms with E-state index in [0.29, 0.717) is 48.3 Å². The molecule has 49 heavy (non-hydrogen) atoms. The van der Waals surface area contributed by atoms with Crippen LogP contribution in [0.2, 0.25) is 0 Å². The SMILES string of the molecule is CN1CCC(OC(=O)C2CCC(=NC(=O)c3c(-c4ccnn4-c4ccc(C#N)cc4)n(C)n(-c4cccc(C(F)(F)F)c4)c3=O)CC2)CC1. The zero-order chi connectivity index (χ0) is 34.9. The molecule has 0 spiro atoms. The molecule has 1 saturated heterocycles. The van der Waals surface area contributed by atoms with E-state index in [1.807, 2.05) is 13.1 Å². The molecule has 2 aliphatic rings. The normalized spacial score (nSPS) is 17.5. The van der Waals surface area contributed by atoms with Crippen molar-refractivity contribution < 1.29 is 27.5 Å². The largest absolute Gasteiger partial charge is 0.462 e. The van der Waals surface area contributed by atoms with Crippen LogP contribution in [-0.4, -0.2) is 67.9 Å². The van der Waals surface area contributed by atoms with Crippen molar-refractivity contribution in [1.29, 1.82) is 5.26 Å². The van der Waals surface area contributed by atoms with Crippen LogP contribution >= 0.6 is 0 Å². The summed E-state index contributed by atoms with van der Waals surface area (Å²) in [6, 6.07) is 14.4. The number of aliphatic imine (C=N–C) groups is 1. The number of ether oxygens (including phenoxy) is 1. The quantitative estimate of drug-likeness (QED) is 0.253. The molecule has 2 fully saturated rings. The molecule has 0 atom stereocenters. The van der Waals surface area contributed by atoms with E-state index in [1.54, 1.807) is 30.3 Å². The number of amides is 1. The lowest BCUT2D eigenvalue weighted by atomic mass is 9.88. The Labute approximate surface area is 279 Å². The van der Waals surface area contributed by atoms with Crippen molar-refractivity contribution >= 4 is 17.6 Å². The zero-order valence-corrected chi connectivity index (χ0v) is 27.0. The molecular weight excluding hydrogens is 639 g/mol. The number of hydrogen-bond donors (Lipinski definition) is 0. The second kappa shape index (κ2) is 13.7. The second-order valence-electron chi connectivity index (χ2n) is 12.4. The Morgan fingerprint density at radius 3 is 2.33 bits per heavy atom. The maximum atomic E-state index is 14.1. The average Bonchev–Trinajstić information content (AvgIpc) is 3.67. The summed E-state index contributed by atoms with van der Waals surface area (Å²) in [4.78, 5) is 47.4. The summed E-state index contributed by atoms with van der Waals surface area (Å²) in [6.45, 7) is 1.74. The molecule has 6 rings (SSSR count). The number of aromatic nitrogens is 4. The summed E-state index contributed by atoms with van der Waals surface area (Å²) in [5.74, 6) is -1.41. The van der Waals surface area contributed by atoms with E-state index in [9.17, 15) is 32.8 Å². The van der Waals surface area contributed by atoms with Crippen molar-refractivity contribution in [3.05, 3.63) is 87.8 Å². The molecule has 11 nitrogen and oxygen atoms in total. The number of alkyl halides is 3. The third-order valence-electron chi connectivity index (χ3n) is 9.13. The molecule has 254 valence electrons. The number of nitrogens with zero attached hydrogens (tertiary/aromatic N) is 7. The Kier molecular flexibility index (Phi) is 9.38. The lowest BCUT2D eigenvalue weighted by Crippen LogP contribution is -2.37. The number of esters is 1. The second-order valence-corrected chi connectivity index (χ2v) is 12.4. The lowest BCUT2D eigenvalue weighted by Gasteiger charge is -2.30. The van der Waals surface area contributed by atoms with Crippen LogP contribution in [0.1, 0.15) is 60.0 Å². The molecule has 1 saturated carbocycles. The number of hydrogen-bond acceptors (Lipinski definition) is 7. The molecule has 0 N–H and O–H groups in total. The number of benzene rings is 2. The molecule has 1 amide bonds. The first-order valence-corrected chi connectivity index (χ1v) is 16.0. The highest BCUT2D eigenvalue weighted by Gasteiger charge is 2.33. The van der Waals surface area contributed by atoms with E-state index in [-0.39, 0.29) is 34.9 Å². The number of rotatable bonds is 6. The van der Waals surface area contributed by atoms with Crippen LogP contribution < -0.4 is 5.56 Å². The Morgan fingerprint density at radius 2 is 1.67 bits per heavy atom. The van der Waals surface area contributed by atoms with Gasteiger partial charge in [-0.2, -0.15) is 23.5 Å². The Balaban J connectivity index is 1.34. The molecule has 0 unspecified atom stereocenters. The minimum absolute atomic E-state index is 0.0917. The predicted octanol–water partition coefficient (Wildman–Crippen LogP) is 5.33. The van der Waals surface area contributed by atoms with Gasteiger partial charge in [0.05, 0.1) is 46.4 Å². The molecule has 14 heteroatoms.